The highest BCUT2D eigenvalue weighted by Gasteiger charge is 2.15. The van der Waals surface area contributed by atoms with Gasteiger partial charge in [-0.05, 0) is 40.5 Å². The second kappa shape index (κ2) is 15.1. The van der Waals surface area contributed by atoms with E-state index in [4.69, 9.17) is 16.4 Å². The van der Waals surface area contributed by atoms with Crippen molar-refractivity contribution in [2.24, 2.45) is 0 Å². The second-order valence-electron chi connectivity index (χ2n) is 9.29. The third-order valence-electron chi connectivity index (χ3n) is 5.95. The molecule has 0 amide bonds. The van der Waals surface area contributed by atoms with Crippen LogP contribution in [0.15, 0.2) is 146 Å². The molecule has 0 radical (unpaired) electrons. The van der Waals surface area contributed by atoms with Gasteiger partial charge in [0.2, 0.25) is 0 Å². The van der Waals surface area contributed by atoms with Gasteiger partial charge in [0.05, 0.1) is 26.2 Å². The highest BCUT2D eigenvalue weighted by atomic mass is 16.8. The summed E-state index contributed by atoms with van der Waals surface area (Å²) in [5, 5.41) is 4.08. The minimum Gasteiger partial charge on any atom is -0.399 e. The fourth-order valence-electron chi connectivity index (χ4n) is 4.10. The van der Waals surface area contributed by atoms with Crippen LogP contribution in [0.2, 0.25) is 0 Å². The van der Waals surface area contributed by atoms with E-state index < -0.39 is 0 Å². The lowest BCUT2D eigenvalue weighted by molar-refractivity contribution is -0.344. The normalized spacial score (nSPS) is 10.7. The zero-order chi connectivity index (χ0) is 27.1. The second-order valence-corrected chi connectivity index (χ2v) is 9.29. The predicted molar refractivity (Wildman–Crippen MR) is 161 cm³/mol. The molecular formula is C34H36N4O. The Morgan fingerprint density at radius 1 is 0.385 bits per heavy atom. The van der Waals surface area contributed by atoms with Gasteiger partial charge in [0.1, 0.15) is 0 Å². The maximum atomic E-state index is 6.53. The van der Waals surface area contributed by atoms with Gasteiger partial charge in [-0.25, -0.2) is 4.94 Å². The molecule has 5 aromatic rings. The molecule has 0 heterocycles. The van der Waals surface area contributed by atoms with Crippen LogP contribution in [0.3, 0.4) is 0 Å². The summed E-state index contributed by atoms with van der Waals surface area (Å²) in [7, 11) is 0. The van der Waals surface area contributed by atoms with Gasteiger partial charge in [0, 0.05) is 11.4 Å². The van der Waals surface area contributed by atoms with Crippen LogP contribution in [0.25, 0.3) is 0 Å². The third-order valence-corrected chi connectivity index (χ3v) is 5.95. The highest BCUT2D eigenvalue weighted by molar-refractivity contribution is 5.50. The molecule has 0 unspecified atom stereocenters. The van der Waals surface area contributed by atoms with Gasteiger partial charge in [0.25, 0.3) is 0 Å². The van der Waals surface area contributed by atoms with Crippen LogP contribution in [-0.4, -0.2) is 10.1 Å². The number of hydrogen-bond donors (Lipinski definition) is 2. The molecule has 0 aliphatic heterocycles. The molecule has 5 nitrogen and oxygen atoms in total. The fourth-order valence-corrected chi connectivity index (χ4v) is 4.10. The van der Waals surface area contributed by atoms with E-state index >= 15 is 0 Å². The molecule has 0 atom stereocenters. The molecule has 0 saturated heterocycles. The Morgan fingerprint density at radius 3 is 0.897 bits per heavy atom. The van der Waals surface area contributed by atoms with E-state index in [1.807, 2.05) is 40.5 Å². The van der Waals surface area contributed by atoms with Crippen LogP contribution in [0, 0.1) is 0 Å². The van der Waals surface area contributed by atoms with Crippen LogP contribution >= 0.6 is 0 Å². The van der Waals surface area contributed by atoms with E-state index in [1.54, 1.807) is 18.2 Å². The van der Waals surface area contributed by atoms with E-state index in [9.17, 15) is 0 Å². The van der Waals surface area contributed by atoms with E-state index in [0.717, 1.165) is 0 Å². The molecule has 0 aliphatic carbocycles. The molecule has 0 aromatic heterocycles. The largest absolute Gasteiger partial charge is 0.399 e. The lowest BCUT2D eigenvalue weighted by atomic mass is 10.2. The summed E-state index contributed by atoms with van der Waals surface area (Å²) in [5.41, 5.74) is 17.1. The summed E-state index contributed by atoms with van der Waals surface area (Å²) in [6, 6.07) is 49.0. The van der Waals surface area contributed by atoms with E-state index in [0.29, 0.717) is 37.6 Å². The van der Waals surface area contributed by atoms with Crippen molar-refractivity contribution in [2.45, 2.75) is 26.2 Å². The fraction of sp³-hybridized carbons (Fsp3) is 0.118. The van der Waals surface area contributed by atoms with Crippen LogP contribution in [0.1, 0.15) is 22.3 Å². The first kappa shape index (κ1) is 27.6. The average molecular weight is 517 g/mol. The summed E-state index contributed by atoms with van der Waals surface area (Å²) in [5.74, 6) is 0. The molecule has 4 N–H and O–H groups in total. The lowest BCUT2D eigenvalue weighted by Gasteiger charge is -2.29. The maximum absolute atomic E-state index is 6.53. The number of rotatable bonds is 10. The van der Waals surface area contributed by atoms with Gasteiger partial charge < -0.3 is 11.5 Å². The van der Waals surface area contributed by atoms with Gasteiger partial charge in [-0.15, -0.1) is 0 Å². The number of nitrogens with two attached hydrogens (primary N) is 2. The number of anilines is 2. The van der Waals surface area contributed by atoms with Gasteiger partial charge in [-0.1, -0.05) is 127 Å². The van der Waals surface area contributed by atoms with E-state index in [-0.39, 0.29) is 0 Å². The molecular weight excluding hydrogens is 480 g/mol. The zero-order valence-corrected chi connectivity index (χ0v) is 22.1. The Bertz CT molecular complexity index is 1160. The SMILES string of the molecule is Nc1cccc(N)c1.c1ccc(CN(Cc2ccccc2)ON(Cc2ccccc2)Cc2ccccc2)cc1. The molecule has 5 heteroatoms. The van der Waals surface area contributed by atoms with Crippen molar-refractivity contribution in [3.05, 3.63) is 168 Å². The molecule has 0 spiro atoms. The molecule has 198 valence electrons. The van der Waals surface area contributed by atoms with Crippen molar-refractivity contribution < 1.29 is 4.94 Å². The maximum Gasteiger partial charge on any atom is 0.0514 e. The van der Waals surface area contributed by atoms with Crippen molar-refractivity contribution in [1.29, 1.82) is 0 Å². The third kappa shape index (κ3) is 10.1. The highest BCUT2D eigenvalue weighted by Crippen LogP contribution is 2.16. The Labute approximate surface area is 231 Å². The van der Waals surface area contributed by atoms with Gasteiger partial charge >= 0.3 is 0 Å². The Morgan fingerprint density at radius 2 is 0.667 bits per heavy atom. The van der Waals surface area contributed by atoms with Gasteiger partial charge in [-0.2, -0.15) is 10.1 Å². The number of benzene rings is 5. The number of nitrogen functional groups attached to an aromatic ring is 2. The first-order chi connectivity index (χ1) is 19.1. The summed E-state index contributed by atoms with van der Waals surface area (Å²) in [6.45, 7) is 2.82. The lowest BCUT2D eigenvalue weighted by Crippen LogP contribution is -2.34. The molecule has 39 heavy (non-hydrogen) atoms. The first-order valence-electron chi connectivity index (χ1n) is 13.1. The molecule has 0 fully saturated rings. The van der Waals surface area contributed by atoms with Crippen LogP contribution in [0.5, 0.6) is 0 Å². The number of hydrogen-bond acceptors (Lipinski definition) is 5. The van der Waals surface area contributed by atoms with E-state index in [1.165, 1.54) is 22.3 Å². The van der Waals surface area contributed by atoms with Crippen molar-refractivity contribution >= 4 is 11.4 Å². The quantitative estimate of drug-likeness (QED) is 0.153. The summed E-state index contributed by atoms with van der Waals surface area (Å²) in [4.78, 5) is 6.53. The van der Waals surface area contributed by atoms with Crippen LogP contribution in [-0.2, 0) is 31.1 Å². The van der Waals surface area contributed by atoms with Crippen molar-refractivity contribution in [3.63, 3.8) is 0 Å². The predicted octanol–water partition coefficient (Wildman–Crippen LogP) is 7.09. The monoisotopic (exact) mass is 516 g/mol. The number of nitrogens with zero attached hydrogens (tertiary/aromatic N) is 2. The molecule has 0 bridgehead atoms. The molecule has 5 rings (SSSR count). The first-order valence-corrected chi connectivity index (χ1v) is 13.1. The smallest absolute Gasteiger partial charge is 0.0514 e. The summed E-state index contributed by atoms with van der Waals surface area (Å²) < 4.78 is 0. The van der Waals surface area contributed by atoms with E-state index in [2.05, 4.69) is 97.1 Å². The minimum atomic E-state index is 0.704. The average Bonchev–Trinajstić information content (AvgIpc) is 2.95. The molecule has 0 aliphatic rings. The summed E-state index contributed by atoms with van der Waals surface area (Å²) >= 11 is 0. The van der Waals surface area contributed by atoms with Crippen LogP contribution in [0.4, 0.5) is 11.4 Å². The standard InChI is InChI=1S/C28H28N2O.C6H8N2/c1-5-13-25(14-6-1)21-29(22-26-15-7-2-8-16-26)31-30(23-27-17-9-3-10-18-27)24-28-19-11-4-12-20-28;7-5-2-1-3-6(8)4-5/h1-20H,21-24H2;1-4H,7-8H2. The summed E-state index contributed by atoms with van der Waals surface area (Å²) in [6.07, 6.45) is 0. The molecule has 5 aromatic carbocycles. The van der Waals surface area contributed by atoms with Crippen LogP contribution < -0.4 is 11.5 Å². The van der Waals surface area contributed by atoms with Gasteiger partial charge in [0.15, 0.2) is 0 Å². The topological polar surface area (TPSA) is 67.8 Å². The molecule has 0 saturated carbocycles. The Kier molecular flexibility index (Phi) is 10.7. The Balaban J connectivity index is 0.000000379. The van der Waals surface area contributed by atoms with Crippen molar-refractivity contribution in [1.82, 2.24) is 10.1 Å². The zero-order valence-electron chi connectivity index (χ0n) is 22.1. The van der Waals surface area contributed by atoms with Crippen molar-refractivity contribution in [2.75, 3.05) is 11.5 Å². The Hall–Kier alpha value is -4.42. The van der Waals surface area contributed by atoms with Gasteiger partial charge in [-0.3, -0.25) is 0 Å². The van der Waals surface area contributed by atoms with Crippen molar-refractivity contribution in [3.8, 4) is 0 Å². The minimum absolute atomic E-state index is 0.704. The number of hydroxylamine groups is 4.